The topological polar surface area (TPSA) is 158 Å². The second kappa shape index (κ2) is 16.0. The van der Waals surface area contributed by atoms with Crippen LogP contribution in [-0.2, 0) is 20.9 Å². The third-order valence-electron chi connectivity index (χ3n) is 10.6. The Kier molecular flexibility index (Phi) is 10.5. The molecule has 5 heterocycles. The van der Waals surface area contributed by atoms with Gasteiger partial charge in [-0.2, -0.15) is 0 Å². The summed E-state index contributed by atoms with van der Waals surface area (Å²) in [6.45, 7) is 5.28. The lowest BCUT2D eigenvalue weighted by molar-refractivity contribution is -0.135. The smallest absolute Gasteiger partial charge is 0.410 e. The summed E-state index contributed by atoms with van der Waals surface area (Å²) in [4.78, 5) is 63.3. The molecule has 0 bridgehead atoms. The van der Waals surface area contributed by atoms with Gasteiger partial charge in [0, 0.05) is 24.2 Å². The van der Waals surface area contributed by atoms with Crippen molar-refractivity contribution in [3.63, 3.8) is 0 Å². The minimum Gasteiger partial charge on any atom is -0.453 e. The molecule has 8 rings (SSSR count). The first-order valence-electron chi connectivity index (χ1n) is 19.0. The number of carbonyl (C=O) groups is 3. The fraction of sp³-hybridized carbons (Fsp3) is 0.333. The lowest BCUT2D eigenvalue weighted by Crippen LogP contribution is -2.51. The highest BCUT2D eigenvalue weighted by Gasteiger charge is 2.38. The molecule has 3 amide bonds. The van der Waals surface area contributed by atoms with Crippen LogP contribution in [0.2, 0.25) is 0 Å². The SMILES string of the molecule is COC(=O)N[C@H](C(=O)N1CCC[C@H]1c1ncc(-c2ccc(-c3nc4ccc(-c5cnc([C@@H]6CCCN6C(=O)OCc6ccccc6)[nH]5)cc4s3)cc2)[nH]1)C(C)C. The van der Waals surface area contributed by atoms with Crippen LogP contribution >= 0.6 is 11.3 Å². The number of benzene rings is 3. The van der Waals surface area contributed by atoms with E-state index >= 15 is 0 Å². The zero-order chi connectivity index (χ0) is 38.8. The number of alkyl carbamates (subject to hydrolysis) is 1. The summed E-state index contributed by atoms with van der Waals surface area (Å²) < 4.78 is 11.5. The summed E-state index contributed by atoms with van der Waals surface area (Å²) in [7, 11) is 1.29. The molecule has 3 N–H and O–H groups in total. The molecule has 2 saturated heterocycles. The Morgan fingerprint density at radius 1 is 0.839 bits per heavy atom. The van der Waals surface area contributed by atoms with Crippen LogP contribution in [0.1, 0.15) is 68.8 Å². The van der Waals surface area contributed by atoms with E-state index < -0.39 is 12.1 Å². The van der Waals surface area contributed by atoms with E-state index in [1.54, 1.807) is 22.4 Å². The first-order chi connectivity index (χ1) is 27.2. The van der Waals surface area contributed by atoms with Gasteiger partial charge in [0.25, 0.3) is 0 Å². The van der Waals surface area contributed by atoms with Gasteiger partial charge in [0.1, 0.15) is 29.3 Å². The van der Waals surface area contributed by atoms with Gasteiger partial charge in [-0.3, -0.25) is 9.69 Å². The Labute approximate surface area is 328 Å². The van der Waals surface area contributed by atoms with E-state index in [4.69, 9.17) is 19.4 Å². The van der Waals surface area contributed by atoms with Crippen molar-refractivity contribution in [2.24, 2.45) is 5.92 Å². The summed E-state index contributed by atoms with van der Waals surface area (Å²) in [5.74, 6) is 1.24. The van der Waals surface area contributed by atoms with Crippen molar-refractivity contribution >= 4 is 39.6 Å². The summed E-state index contributed by atoms with van der Waals surface area (Å²) in [6, 6.07) is 23.1. The Morgan fingerprint density at radius 2 is 1.46 bits per heavy atom. The van der Waals surface area contributed by atoms with E-state index in [2.05, 4.69) is 38.5 Å². The number of H-pyrrole nitrogens is 2. The second-order valence-corrected chi connectivity index (χ2v) is 15.6. The van der Waals surface area contributed by atoms with Crippen molar-refractivity contribution < 1.29 is 23.9 Å². The lowest BCUT2D eigenvalue weighted by Gasteiger charge is -2.30. The molecule has 2 fully saturated rings. The van der Waals surface area contributed by atoms with E-state index in [1.807, 2.05) is 79.5 Å². The summed E-state index contributed by atoms with van der Waals surface area (Å²) >= 11 is 1.63. The maximum Gasteiger partial charge on any atom is 0.410 e. The average molecular weight is 773 g/mol. The third-order valence-corrected chi connectivity index (χ3v) is 11.7. The zero-order valence-electron chi connectivity index (χ0n) is 31.5. The largest absolute Gasteiger partial charge is 0.453 e. The molecule has 0 aliphatic carbocycles. The number of hydrogen-bond acceptors (Lipinski definition) is 9. The lowest BCUT2D eigenvalue weighted by atomic mass is 10.0. The predicted molar refractivity (Wildman–Crippen MR) is 213 cm³/mol. The highest BCUT2D eigenvalue weighted by Crippen LogP contribution is 2.37. The molecule has 13 nitrogen and oxygen atoms in total. The highest BCUT2D eigenvalue weighted by atomic mass is 32.1. The van der Waals surface area contributed by atoms with Crippen molar-refractivity contribution in [1.82, 2.24) is 40.0 Å². The second-order valence-electron chi connectivity index (χ2n) is 14.6. The number of aromatic nitrogens is 5. The number of methoxy groups -OCH3 is 1. The highest BCUT2D eigenvalue weighted by molar-refractivity contribution is 7.21. The van der Waals surface area contributed by atoms with E-state index in [9.17, 15) is 14.4 Å². The molecule has 2 aliphatic rings. The maximum absolute atomic E-state index is 13.6. The molecule has 3 aromatic heterocycles. The molecule has 0 spiro atoms. The van der Waals surface area contributed by atoms with Crippen molar-refractivity contribution in [2.75, 3.05) is 20.2 Å². The molecule has 0 saturated carbocycles. The quantitative estimate of drug-likeness (QED) is 0.126. The van der Waals surface area contributed by atoms with E-state index in [-0.39, 0.29) is 36.6 Å². The number of fused-ring (bicyclic) bond motifs is 1. The number of nitrogens with zero attached hydrogens (tertiary/aromatic N) is 5. The first kappa shape index (κ1) is 36.9. The fourth-order valence-corrected chi connectivity index (χ4v) is 8.59. The standard InChI is InChI=1S/C42H44N8O5S/c1-25(2)36(48-41(52)54-3)40(51)49-19-7-11-33(49)37-43-22-31(45-37)27-13-15-28(16-14-27)39-47-30-18-17-29(21-35(30)56-39)32-23-44-38(46-32)34-12-8-20-50(34)42(53)55-24-26-9-5-4-6-10-26/h4-6,9-10,13-18,21-23,25,33-34,36H,7-8,11-12,19-20,24H2,1-3H3,(H,43,45)(H,44,46)(H,48,52)/t33-,34-,36-/m0/s1. The maximum atomic E-state index is 13.6. The summed E-state index contributed by atoms with van der Waals surface area (Å²) in [6.07, 6.45) is 6.03. The van der Waals surface area contributed by atoms with Crippen LogP contribution in [0.3, 0.4) is 0 Å². The van der Waals surface area contributed by atoms with Crippen LogP contribution in [-0.4, -0.2) is 79.1 Å². The van der Waals surface area contributed by atoms with Gasteiger partial charge >= 0.3 is 12.2 Å². The van der Waals surface area contributed by atoms with Crippen LogP contribution < -0.4 is 5.32 Å². The van der Waals surface area contributed by atoms with Gasteiger partial charge in [0.2, 0.25) is 5.91 Å². The van der Waals surface area contributed by atoms with Crippen LogP contribution in [0.5, 0.6) is 0 Å². The number of hydrogen-bond donors (Lipinski definition) is 3. The predicted octanol–water partition coefficient (Wildman–Crippen LogP) is 8.26. The van der Waals surface area contributed by atoms with Crippen LogP contribution in [0, 0.1) is 5.92 Å². The van der Waals surface area contributed by atoms with Gasteiger partial charge in [-0.1, -0.05) is 74.5 Å². The normalized spacial score (nSPS) is 17.4. The van der Waals surface area contributed by atoms with E-state index in [0.29, 0.717) is 13.1 Å². The Hall–Kier alpha value is -6.02. The zero-order valence-corrected chi connectivity index (χ0v) is 32.3. The summed E-state index contributed by atoms with van der Waals surface area (Å²) in [5, 5.41) is 3.61. The molecule has 288 valence electrons. The number of thiazole rings is 1. The molecule has 56 heavy (non-hydrogen) atoms. The molecule has 3 aromatic carbocycles. The molecular formula is C42H44N8O5S. The molecule has 2 aliphatic heterocycles. The van der Waals surface area contributed by atoms with Crippen LogP contribution in [0.4, 0.5) is 9.59 Å². The first-order valence-corrected chi connectivity index (χ1v) is 19.8. The number of aromatic amines is 2. The van der Waals surface area contributed by atoms with Crippen molar-refractivity contribution in [3.8, 4) is 33.1 Å². The molecule has 3 atom stereocenters. The van der Waals surface area contributed by atoms with E-state index in [1.165, 1.54) is 7.11 Å². The number of rotatable bonds is 10. The fourth-order valence-electron chi connectivity index (χ4n) is 7.58. The minimum atomic E-state index is -0.685. The van der Waals surface area contributed by atoms with E-state index in [0.717, 1.165) is 86.2 Å². The van der Waals surface area contributed by atoms with Crippen LogP contribution in [0.15, 0.2) is 85.2 Å². The van der Waals surface area contributed by atoms with Crippen molar-refractivity contribution in [3.05, 3.63) is 102 Å². The number of amides is 3. The Morgan fingerprint density at radius 3 is 2.14 bits per heavy atom. The number of imidazole rings is 2. The van der Waals surface area contributed by atoms with Crippen LogP contribution in [0.25, 0.3) is 43.3 Å². The van der Waals surface area contributed by atoms with Gasteiger partial charge in [0.15, 0.2) is 0 Å². The molecule has 0 unspecified atom stereocenters. The number of nitrogens with one attached hydrogen (secondary N) is 3. The number of ether oxygens (including phenoxy) is 2. The summed E-state index contributed by atoms with van der Waals surface area (Å²) in [5.41, 5.74) is 6.58. The van der Waals surface area contributed by atoms with Gasteiger partial charge in [-0.05, 0) is 54.9 Å². The van der Waals surface area contributed by atoms with Gasteiger partial charge in [0.05, 0.1) is 53.2 Å². The van der Waals surface area contributed by atoms with Gasteiger partial charge in [-0.15, -0.1) is 11.3 Å². The monoisotopic (exact) mass is 772 g/mol. The van der Waals surface area contributed by atoms with Crippen molar-refractivity contribution in [1.29, 1.82) is 0 Å². The Bertz CT molecular complexity index is 2340. The third kappa shape index (κ3) is 7.61. The number of carbonyl (C=O) groups excluding carboxylic acids is 3. The minimum absolute atomic E-state index is 0.102. The van der Waals surface area contributed by atoms with Gasteiger partial charge in [-0.25, -0.2) is 24.5 Å². The van der Waals surface area contributed by atoms with Gasteiger partial charge < -0.3 is 29.7 Å². The molecule has 6 aromatic rings. The molecule has 0 radical (unpaired) electrons. The average Bonchev–Trinajstić information content (AvgIpc) is 4.07. The molecule has 14 heteroatoms. The number of likely N-dealkylation sites (tertiary alicyclic amines) is 2. The molecular weight excluding hydrogens is 729 g/mol. The van der Waals surface area contributed by atoms with Crippen molar-refractivity contribution in [2.45, 2.75) is 64.3 Å². The Balaban J connectivity index is 0.932.